The van der Waals surface area contributed by atoms with Crippen LogP contribution in [0.25, 0.3) is 5.57 Å². The van der Waals surface area contributed by atoms with Gasteiger partial charge < -0.3 is 10.1 Å². The summed E-state index contributed by atoms with van der Waals surface area (Å²) in [5.74, 6) is -0.687. The summed E-state index contributed by atoms with van der Waals surface area (Å²) in [7, 11) is 0. The maximum absolute atomic E-state index is 13.5. The van der Waals surface area contributed by atoms with Gasteiger partial charge in [-0.25, -0.2) is 9.29 Å². The van der Waals surface area contributed by atoms with E-state index in [1.165, 1.54) is 24.3 Å². The minimum absolute atomic E-state index is 0.138. The first kappa shape index (κ1) is 22.3. The van der Waals surface area contributed by atoms with E-state index in [-0.39, 0.29) is 11.3 Å². The Morgan fingerprint density at radius 1 is 0.909 bits per heavy atom. The van der Waals surface area contributed by atoms with E-state index in [1.807, 2.05) is 38.1 Å². The van der Waals surface area contributed by atoms with Crippen molar-refractivity contribution in [1.29, 1.82) is 0 Å². The van der Waals surface area contributed by atoms with E-state index in [4.69, 9.17) is 4.74 Å². The number of carbonyl (C=O) groups is 2. The van der Waals surface area contributed by atoms with Crippen molar-refractivity contribution in [1.82, 2.24) is 0 Å². The van der Waals surface area contributed by atoms with E-state index in [0.29, 0.717) is 29.3 Å². The number of rotatable bonds is 8. The van der Waals surface area contributed by atoms with Crippen LogP contribution in [0, 0.1) is 5.82 Å². The molecule has 33 heavy (non-hydrogen) atoms. The maximum atomic E-state index is 13.5. The Bertz CT molecular complexity index is 1200. The standard InChI is InChI=1S/C27H25FN2O3/c1-3-16-33-23-7-5-6-21(17-23)29-25-24(19-10-12-20(28)13-11-19)26(31)30(27(25)32)22-14-8-18(4-2)9-15-22/h5-15,17,29H,3-4,16H2,1-2H3. The monoisotopic (exact) mass is 444 g/mol. The van der Waals surface area contributed by atoms with Gasteiger partial charge in [-0.3, -0.25) is 9.59 Å². The molecule has 0 aromatic heterocycles. The van der Waals surface area contributed by atoms with Crippen LogP contribution in [0.3, 0.4) is 0 Å². The lowest BCUT2D eigenvalue weighted by atomic mass is 10.0. The SMILES string of the molecule is CCCOc1cccc(NC2=C(c3ccc(F)cc3)C(=O)N(c3ccc(CC)cc3)C2=O)c1. The van der Waals surface area contributed by atoms with E-state index in [1.54, 1.807) is 24.3 Å². The highest BCUT2D eigenvalue weighted by Crippen LogP contribution is 2.34. The number of halogens is 1. The summed E-state index contributed by atoms with van der Waals surface area (Å²) in [6.45, 7) is 4.63. The predicted octanol–water partition coefficient (Wildman–Crippen LogP) is 5.57. The van der Waals surface area contributed by atoms with Crippen LogP contribution in [-0.4, -0.2) is 18.4 Å². The van der Waals surface area contributed by atoms with Crippen LogP contribution < -0.4 is 15.0 Å². The lowest BCUT2D eigenvalue weighted by Crippen LogP contribution is -2.32. The van der Waals surface area contributed by atoms with Crippen molar-refractivity contribution < 1.29 is 18.7 Å². The molecular formula is C27H25FN2O3. The first-order valence-electron chi connectivity index (χ1n) is 11.0. The Morgan fingerprint density at radius 2 is 1.64 bits per heavy atom. The fraction of sp³-hybridized carbons (Fsp3) is 0.185. The van der Waals surface area contributed by atoms with Crippen LogP contribution in [0.15, 0.2) is 78.5 Å². The fourth-order valence-corrected chi connectivity index (χ4v) is 3.67. The van der Waals surface area contributed by atoms with E-state index >= 15 is 0 Å². The summed E-state index contributed by atoms with van der Waals surface area (Å²) >= 11 is 0. The third kappa shape index (κ3) is 4.65. The van der Waals surface area contributed by atoms with Gasteiger partial charge in [0.25, 0.3) is 11.8 Å². The number of anilines is 2. The zero-order valence-electron chi connectivity index (χ0n) is 18.6. The van der Waals surface area contributed by atoms with Crippen molar-refractivity contribution in [2.45, 2.75) is 26.7 Å². The van der Waals surface area contributed by atoms with Crippen LogP contribution in [-0.2, 0) is 16.0 Å². The molecule has 1 heterocycles. The summed E-state index contributed by atoms with van der Waals surface area (Å²) in [4.78, 5) is 28.1. The molecule has 3 aromatic rings. The molecule has 0 atom stereocenters. The fourth-order valence-electron chi connectivity index (χ4n) is 3.67. The molecule has 6 heteroatoms. The van der Waals surface area contributed by atoms with Crippen molar-refractivity contribution in [2.75, 3.05) is 16.8 Å². The van der Waals surface area contributed by atoms with Gasteiger partial charge in [0, 0.05) is 11.8 Å². The third-order valence-corrected chi connectivity index (χ3v) is 5.40. The predicted molar refractivity (Wildman–Crippen MR) is 127 cm³/mol. The van der Waals surface area contributed by atoms with E-state index in [2.05, 4.69) is 5.32 Å². The number of benzene rings is 3. The number of hydrogen-bond acceptors (Lipinski definition) is 4. The van der Waals surface area contributed by atoms with Gasteiger partial charge >= 0.3 is 0 Å². The van der Waals surface area contributed by atoms with Gasteiger partial charge in [-0.05, 0) is 60.4 Å². The molecule has 0 fully saturated rings. The number of imide groups is 1. The Kier molecular flexibility index (Phi) is 6.54. The summed E-state index contributed by atoms with van der Waals surface area (Å²) < 4.78 is 19.2. The number of nitrogens with zero attached hydrogens (tertiary/aromatic N) is 1. The molecule has 4 rings (SSSR count). The first-order chi connectivity index (χ1) is 16.0. The summed E-state index contributed by atoms with van der Waals surface area (Å²) in [5, 5.41) is 3.12. The maximum Gasteiger partial charge on any atom is 0.282 e. The molecule has 0 radical (unpaired) electrons. The lowest BCUT2D eigenvalue weighted by molar-refractivity contribution is -0.120. The zero-order valence-corrected chi connectivity index (χ0v) is 18.6. The normalized spacial score (nSPS) is 13.6. The number of ether oxygens (including phenoxy) is 1. The minimum atomic E-state index is -0.469. The second-order valence-electron chi connectivity index (χ2n) is 7.72. The third-order valence-electron chi connectivity index (χ3n) is 5.40. The lowest BCUT2D eigenvalue weighted by Gasteiger charge is -2.16. The Morgan fingerprint density at radius 3 is 2.30 bits per heavy atom. The van der Waals surface area contributed by atoms with Gasteiger partial charge in [-0.15, -0.1) is 0 Å². The molecule has 0 aliphatic carbocycles. The second-order valence-corrected chi connectivity index (χ2v) is 7.72. The van der Waals surface area contributed by atoms with Gasteiger partial charge in [-0.2, -0.15) is 0 Å². The molecule has 0 unspecified atom stereocenters. The highest BCUT2D eigenvalue weighted by Gasteiger charge is 2.40. The molecular weight excluding hydrogens is 419 g/mol. The van der Waals surface area contributed by atoms with Gasteiger partial charge in [-0.1, -0.05) is 44.2 Å². The van der Waals surface area contributed by atoms with Gasteiger partial charge in [0.15, 0.2) is 0 Å². The average molecular weight is 445 g/mol. The molecule has 1 aliphatic rings. The Balaban J connectivity index is 1.74. The van der Waals surface area contributed by atoms with Crippen LogP contribution in [0.5, 0.6) is 5.75 Å². The molecule has 168 valence electrons. The van der Waals surface area contributed by atoms with Crippen molar-refractivity contribution in [3.05, 3.63) is 95.4 Å². The minimum Gasteiger partial charge on any atom is -0.494 e. The summed E-state index contributed by atoms with van der Waals surface area (Å²) in [6, 6.07) is 20.1. The number of aryl methyl sites for hydroxylation is 1. The molecule has 1 aliphatic heterocycles. The highest BCUT2D eigenvalue weighted by atomic mass is 19.1. The number of carbonyl (C=O) groups excluding carboxylic acids is 2. The quantitative estimate of drug-likeness (QED) is 0.461. The van der Waals surface area contributed by atoms with Crippen LogP contribution >= 0.6 is 0 Å². The molecule has 0 bridgehead atoms. The Hall–Kier alpha value is -3.93. The largest absolute Gasteiger partial charge is 0.494 e. The number of nitrogens with one attached hydrogen (secondary N) is 1. The molecule has 2 amide bonds. The van der Waals surface area contributed by atoms with Crippen LogP contribution in [0.2, 0.25) is 0 Å². The van der Waals surface area contributed by atoms with Crippen LogP contribution in [0.1, 0.15) is 31.4 Å². The summed E-state index contributed by atoms with van der Waals surface area (Å²) in [6.07, 6.45) is 1.72. The zero-order chi connectivity index (χ0) is 23.4. The molecule has 1 N–H and O–H groups in total. The van der Waals surface area contributed by atoms with Crippen molar-refractivity contribution >= 4 is 28.8 Å². The molecule has 3 aromatic carbocycles. The van der Waals surface area contributed by atoms with E-state index < -0.39 is 17.6 Å². The van der Waals surface area contributed by atoms with Gasteiger partial charge in [0.05, 0.1) is 17.9 Å². The van der Waals surface area contributed by atoms with Gasteiger partial charge in [0.2, 0.25) is 0 Å². The van der Waals surface area contributed by atoms with E-state index in [9.17, 15) is 14.0 Å². The van der Waals surface area contributed by atoms with Crippen molar-refractivity contribution in [2.24, 2.45) is 0 Å². The molecule has 5 nitrogen and oxygen atoms in total. The first-order valence-corrected chi connectivity index (χ1v) is 11.0. The second kappa shape index (κ2) is 9.69. The smallest absolute Gasteiger partial charge is 0.282 e. The number of hydrogen-bond donors (Lipinski definition) is 1. The van der Waals surface area contributed by atoms with Crippen molar-refractivity contribution in [3.63, 3.8) is 0 Å². The highest BCUT2D eigenvalue weighted by molar-refractivity contribution is 6.46. The van der Waals surface area contributed by atoms with Crippen LogP contribution in [0.4, 0.5) is 15.8 Å². The summed E-state index contributed by atoms with van der Waals surface area (Å²) in [5.41, 5.74) is 2.99. The Labute approximate surface area is 192 Å². The van der Waals surface area contributed by atoms with Gasteiger partial charge in [0.1, 0.15) is 17.3 Å². The van der Waals surface area contributed by atoms with Crippen molar-refractivity contribution in [3.8, 4) is 5.75 Å². The molecule has 0 saturated carbocycles. The molecule has 0 saturated heterocycles. The topological polar surface area (TPSA) is 58.6 Å². The van der Waals surface area contributed by atoms with E-state index in [0.717, 1.165) is 23.3 Å². The average Bonchev–Trinajstić information content (AvgIpc) is 3.08. The molecule has 0 spiro atoms. The number of amides is 2.